The number of hydrogen-bond donors (Lipinski definition) is 1. The summed E-state index contributed by atoms with van der Waals surface area (Å²) in [5.74, 6) is 0.300. The van der Waals surface area contributed by atoms with Gasteiger partial charge < -0.3 is 10.1 Å². The van der Waals surface area contributed by atoms with E-state index in [2.05, 4.69) is 27.3 Å². The number of halogens is 1. The maximum absolute atomic E-state index is 12.0. The smallest absolute Gasteiger partial charge is 0.338 e. The number of nitrogens with one attached hydrogen (secondary N) is 1. The zero-order valence-corrected chi connectivity index (χ0v) is 17.1. The van der Waals surface area contributed by atoms with Crippen LogP contribution in [0.15, 0.2) is 61.1 Å². The summed E-state index contributed by atoms with van der Waals surface area (Å²) < 4.78 is 6.95. The first-order valence-electron chi connectivity index (χ1n) is 9.64. The summed E-state index contributed by atoms with van der Waals surface area (Å²) in [4.78, 5) is 20.8. The van der Waals surface area contributed by atoms with E-state index in [0.717, 1.165) is 29.6 Å². The molecule has 1 N–H and O–H groups in total. The van der Waals surface area contributed by atoms with Gasteiger partial charge >= 0.3 is 5.97 Å². The molecular formula is C22H20ClN5O2. The van der Waals surface area contributed by atoms with E-state index in [1.165, 1.54) is 6.33 Å². The summed E-state index contributed by atoms with van der Waals surface area (Å²) in [6, 6.07) is 14.5. The van der Waals surface area contributed by atoms with E-state index in [-0.39, 0.29) is 5.97 Å². The minimum atomic E-state index is -0.317. The zero-order chi connectivity index (χ0) is 20.9. The van der Waals surface area contributed by atoms with Crippen molar-refractivity contribution in [3.63, 3.8) is 0 Å². The average molecular weight is 422 g/mol. The predicted octanol–water partition coefficient (Wildman–Crippen LogP) is 5.17. The lowest BCUT2D eigenvalue weighted by Crippen LogP contribution is -2.06. The monoisotopic (exact) mass is 421 g/mol. The number of esters is 1. The molecule has 8 heteroatoms. The van der Waals surface area contributed by atoms with E-state index in [1.807, 2.05) is 36.4 Å². The number of ether oxygens (including phenoxy) is 1. The van der Waals surface area contributed by atoms with Crippen LogP contribution in [-0.4, -0.2) is 32.3 Å². The molecule has 2 aromatic heterocycles. The lowest BCUT2D eigenvalue weighted by Gasteiger charge is -2.08. The molecule has 0 spiro atoms. The van der Waals surface area contributed by atoms with Crippen molar-refractivity contribution in [2.24, 2.45) is 0 Å². The molecule has 0 saturated carbocycles. The second-order valence-corrected chi connectivity index (χ2v) is 7.12. The fourth-order valence-corrected chi connectivity index (χ4v) is 3.14. The van der Waals surface area contributed by atoms with Gasteiger partial charge in [0.25, 0.3) is 0 Å². The SMILES string of the molecule is CCCCOC(=O)c1ccc(Nc2ncnc3c2cnn3-c2cccc(Cl)c2)cc1. The number of rotatable bonds is 7. The maximum Gasteiger partial charge on any atom is 0.338 e. The fraction of sp³-hybridized carbons (Fsp3) is 0.182. The molecule has 0 atom stereocenters. The number of fused-ring (bicyclic) bond motifs is 1. The molecule has 0 unspecified atom stereocenters. The molecule has 0 fully saturated rings. The van der Waals surface area contributed by atoms with Crippen molar-refractivity contribution in [2.75, 3.05) is 11.9 Å². The molecule has 2 aromatic carbocycles. The van der Waals surface area contributed by atoms with Crippen LogP contribution >= 0.6 is 11.6 Å². The normalized spacial score (nSPS) is 10.9. The Morgan fingerprint density at radius 2 is 2.00 bits per heavy atom. The maximum atomic E-state index is 12.0. The number of hydrogen-bond acceptors (Lipinski definition) is 6. The predicted molar refractivity (Wildman–Crippen MR) is 117 cm³/mol. The molecule has 0 radical (unpaired) electrons. The number of carbonyl (C=O) groups is 1. The Balaban J connectivity index is 1.55. The summed E-state index contributed by atoms with van der Waals surface area (Å²) in [5.41, 5.74) is 2.77. The third-order valence-corrected chi connectivity index (χ3v) is 4.77. The molecule has 7 nitrogen and oxygen atoms in total. The van der Waals surface area contributed by atoms with E-state index in [4.69, 9.17) is 16.3 Å². The molecule has 0 aliphatic rings. The molecular weight excluding hydrogens is 402 g/mol. The summed E-state index contributed by atoms with van der Waals surface area (Å²) in [6.07, 6.45) is 5.03. The van der Waals surface area contributed by atoms with Crippen molar-refractivity contribution in [2.45, 2.75) is 19.8 Å². The largest absolute Gasteiger partial charge is 0.462 e. The second kappa shape index (κ2) is 8.92. The number of benzene rings is 2. The minimum Gasteiger partial charge on any atom is -0.462 e. The van der Waals surface area contributed by atoms with Crippen molar-refractivity contribution in [1.82, 2.24) is 19.7 Å². The summed E-state index contributed by atoms with van der Waals surface area (Å²) >= 11 is 6.10. The van der Waals surface area contributed by atoms with Crippen LogP contribution in [0.1, 0.15) is 30.1 Å². The van der Waals surface area contributed by atoms with Gasteiger partial charge in [-0.15, -0.1) is 0 Å². The van der Waals surface area contributed by atoms with Gasteiger partial charge in [-0.1, -0.05) is 31.0 Å². The van der Waals surface area contributed by atoms with Gasteiger partial charge in [0.2, 0.25) is 0 Å². The van der Waals surface area contributed by atoms with Gasteiger partial charge in [-0.05, 0) is 48.9 Å². The lowest BCUT2D eigenvalue weighted by molar-refractivity contribution is 0.0500. The van der Waals surface area contributed by atoms with Gasteiger partial charge in [-0.25, -0.2) is 19.4 Å². The molecule has 4 aromatic rings. The lowest BCUT2D eigenvalue weighted by atomic mass is 10.2. The van der Waals surface area contributed by atoms with E-state index < -0.39 is 0 Å². The topological polar surface area (TPSA) is 81.9 Å². The average Bonchev–Trinajstić information content (AvgIpc) is 3.20. The van der Waals surface area contributed by atoms with Crippen LogP contribution in [0.5, 0.6) is 0 Å². The van der Waals surface area contributed by atoms with Crippen molar-refractivity contribution in [1.29, 1.82) is 0 Å². The van der Waals surface area contributed by atoms with Crippen molar-refractivity contribution >= 4 is 40.1 Å². The highest BCUT2D eigenvalue weighted by atomic mass is 35.5. The molecule has 152 valence electrons. The molecule has 0 aliphatic carbocycles. The number of anilines is 2. The van der Waals surface area contributed by atoms with Crippen LogP contribution < -0.4 is 5.32 Å². The minimum absolute atomic E-state index is 0.317. The molecule has 4 rings (SSSR count). The molecule has 0 bridgehead atoms. The molecule has 30 heavy (non-hydrogen) atoms. The highest BCUT2D eigenvalue weighted by Crippen LogP contribution is 2.25. The van der Waals surface area contributed by atoms with Crippen molar-refractivity contribution in [3.8, 4) is 5.69 Å². The Morgan fingerprint density at radius 1 is 1.17 bits per heavy atom. The second-order valence-electron chi connectivity index (χ2n) is 6.69. The van der Waals surface area contributed by atoms with Crippen LogP contribution in [0.4, 0.5) is 11.5 Å². The van der Waals surface area contributed by atoms with Gasteiger partial charge in [0.05, 0.1) is 29.4 Å². The van der Waals surface area contributed by atoms with Gasteiger partial charge in [0, 0.05) is 10.7 Å². The van der Waals surface area contributed by atoms with E-state index >= 15 is 0 Å². The first kappa shape index (κ1) is 19.8. The van der Waals surface area contributed by atoms with E-state index in [9.17, 15) is 4.79 Å². The first-order valence-corrected chi connectivity index (χ1v) is 10.0. The van der Waals surface area contributed by atoms with E-state index in [1.54, 1.807) is 23.0 Å². The third kappa shape index (κ3) is 4.26. The Bertz CT molecular complexity index is 1170. The summed E-state index contributed by atoms with van der Waals surface area (Å²) in [7, 11) is 0. The van der Waals surface area contributed by atoms with Crippen LogP contribution in [0.3, 0.4) is 0 Å². The van der Waals surface area contributed by atoms with Gasteiger partial charge in [0.15, 0.2) is 5.65 Å². The Hall–Kier alpha value is -3.45. The zero-order valence-electron chi connectivity index (χ0n) is 16.4. The highest BCUT2D eigenvalue weighted by molar-refractivity contribution is 6.30. The summed E-state index contributed by atoms with van der Waals surface area (Å²) in [6.45, 7) is 2.49. The molecule has 0 aliphatic heterocycles. The van der Waals surface area contributed by atoms with Gasteiger partial charge in [-0.3, -0.25) is 0 Å². The van der Waals surface area contributed by atoms with Gasteiger partial charge in [0.1, 0.15) is 12.1 Å². The molecule has 2 heterocycles. The Labute approximate surface area is 178 Å². The number of carbonyl (C=O) groups excluding carboxylic acids is 1. The highest BCUT2D eigenvalue weighted by Gasteiger charge is 2.12. The van der Waals surface area contributed by atoms with Crippen LogP contribution in [0.25, 0.3) is 16.7 Å². The van der Waals surface area contributed by atoms with Crippen LogP contribution in [0.2, 0.25) is 5.02 Å². The summed E-state index contributed by atoms with van der Waals surface area (Å²) in [5, 5.41) is 9.08. The number of nitrogens with zero attached hydrogens (tertiary/aromatic N) is 4. The van der Waals surface area contributed by atoms with Crippen molar-refractivity contribution in [3.05, 3.63) is 71.6 Å². The quantitative estimate of drug-likeness (QED) is 0.327. The Morgan fingerprint density at radius 3 is 2.77 bits per heavy atom. The van der Waals surface area contributed by atoms with Crippen LogP contribution in [-0.2, 0) is 4.74 Å². The number of aromatic nitrogens is 4. The molecule has 0 amide bonds. The standard InChI is InChI=1S/C22H20ClN5O2/c1-2-3-11-30-22(29)15-7-9-17(10-8-15)27-20-19-13-26-28(21(19)25-14-24-20)18-6-4-5-16(23)12-18/h4-10,12-14H,2-3,11H2,1H3,(H,24,25,27). The van der Waals surface area contributed by atoms with E-state index in [0.29, 0.717) is 28.7 Å². The Kier molecular flexibility index (Phi) is 5.90. The number of unbranched alkanes of at least 4 members (excludes halogenated alkanes) is 1. The first-order chi connectivity index (χ1) is 14.7. The third-order valence-electron chi connectivity index (χ3n) is 4.53. The molecule has 0 saturated heterocycles. The fourth-order valence-electron chi connectivity index (χ4n) is 2.96. The van der Waals surface area contributed by atoms with Crippen molar-refractivity contribution < 1.29 is 9.53 Å². The van der Waals surface area contributed by atoms with Gasteiger partial charge in [-0.2, -0.15) is 5.10 Å². The van der Waals surface area contributed by atoms with Crippen LogP contribution in [0, 0.1) is 0 Å².